The maximum atomic E-state index is 4.24. The first-order valence-corrected chi connectivity index (χ1v) is 8.24. The number of nitrogens with zero attached hydrogens (tertiary/aromatic N) is 6. The highest BCUT2D eigenvalue weighted by atomic mass is 15.3. The highest BCUT2D eigenvalue weighted by molar-refractivity contribution is 5.22. The van der Waals surface area contributed by atoms with Gasteiger partial charge in [0.1, 0.15) is 12.2 Å². The van der Waals surface area contributed by atoms with Crippen LogP contribution in [-0.4, -0.2) is 36.5 Å². The molecule has 0 aliphatic heterocycles. The SMILES string of the molecule is CC(C)n1cnnc1CN(C)Cc1ccc(Cn2cccn2)cc1. The van der Waals surface area contributed by atoms with Crippen molar-refractivity contribution in [2.45, 2.75) is 39.5 Å². The quantitative estimate of drug-likeness (QED) is 0.670. The molecule has 0 N–H and O–H groups in total. The van der Waals surface area contributed by atoms with E-state index in [-0.39, 0.29) is 0 Å². The van der Waals surface area contributed by atoms with Gasteiger partial charge in [-0.1, -0.05) is 24.3 Å². The minimum atomic E-state index is 0.380. The highest BCUT2D eigenvalue weighted by Gasteiger charge is 2.10. The first kappa shape index (κ1) is 16.4. The van der Waals surface area contributed by atoms with Gasteiger partial charge in [-0.25, -0.2) is 0 Å². The van der Waals surface area contributed by atoms with Gasteiger partial charge in [0.05, 0.1) is 13.1 Å². The summed E-state index contributed by atoms with van der Waals surface area (Å²) in [5.41, 5.74) is 2.54. The molecule has 126 valence electrons. The molecule has 1 aromatic carbocycles. The van der Waals surface area contributed by atoms with E-state index in [0.29, 0.717) is 6.04 Å². The van der Waals surface area contributed by atoms with Gasteiger partial charge in [0, 0.05) is 25.0 Å². The Hall–Kier alpha value is -2.47. The molecule has 6 nitrogen and oxygen atoms in total. The lowest BCUT2D eigenvalue weighted by Crippen LogP contribution is -2.20. The van der Waals surface area contributed by atoms with Crippen molar-refractivity contribution >= 4 is 0 Å². The summed E-state index contributed by atoms with van der Waals surface area (Å²) in [5.74, 6) is 1.00. The van der Waals surface area contributed by atoms with Crippen molar-refractivity contribution in [1.29, 1.82) is 0 Å². The van der Waals surface area contributed by atoms with Crippen LogP contribution in [0, 0.1) is 0 Å². The van der Waals surface area contributed by atoms with Gasteiger partial charge in [-0.05, 0) is 38.1 Å². The summed E-state index contributed by atoms with van der Waals surface area (Å²) in [7, 11) is 2.11. The lowest BCUT2D eigenvalue weighted by atomic mass is 10.1. The molecular weight excluding hydrogens is 300 g/mol. The standard InChI is InChI=1S/C18H24N6/c1-15(2)24-14-19-21-18(24)13-22(3)11-16-5-7-17(8-6-16)12-23-10-4-9-20-23/h4-10,14-15H,11-13H2,1-3H3. The van der Waals surface area contributed by atoms with E-state index in [1.165, 1.54) is 11.1 Å². The average molecular weight is 324 g/mol. The van der Waals surface area contributed by atoms with E-state index in [1.54, 1.807) is 12.5 Å². The van der Waals surface area contributed by atoms with Crippen LogP contribution in [0.2, 0.25) is 0 Å². The number of hydrogen-bond acceptors (Lipinski definition) is 4. The number of aromatic nitrogens is 5. The molecule has 0 radical (unpaired) electrons. The van der Waals surface area contributed by atoms with Crippen LogP contribution in [0.15, 0.2) is 49.1 Å². The van der Waals surface area contributed by atoms with Gasteiger partial charge in [0.25, 0.3) is 0 Å². The van der Waals surface area contributed by atoms with Gasteiger partial charge in [0.15, 0.2) is 0 Å². The van der Waals surface area contributed by atoms with E-state index in [0.717, 1.165) is 25.5 Å². The monoisotopic (exact) mass is 324 g/mol. The number of hydrogen-bond donors (Lipinski definition) is 0. The fraction of sp³-hybridized carbons (Fsp3) is 0.389. The second-order valence-corrected chi connectivity index (χ2v) is 6.44. The van der Waals surface area contributed by atoms with Gasteiger partial charge in [-0.2, -0.15) is 5.10 Å². The summed E-state index contributed by atoms with van der Waals surface area (Å²) in [6, 6.07) is 11.0. The van der Waals surface area contributed by atoms with Crippen LogP contribution in [0.4, 0.5) is 0 Å². The Morgan fingerprint density at radius 1 is 1.08 bits per heavy atom. The van der Waals surface area contributed by atoms with Gasteiger partial charge >= 0.3 is 0 Å². The zero-order chi connectivity index (χ0) is 16.9. The zero-order valence-electron chi connectivity index (χ0n) is 14.5. The van der Waals surface area contributed by atoms with Crippen molar-refractivity contribution < 1.29 is 0 Å². The molecule has 24 heavy (non-hydrogen) atoms. The molecule has 0 amide bonds. The van der Waals surface area contributed by atoms with Crippen molar-refractivity contribution in [1.82, 2.24) is 29.4 Å². The summed E-state index contributed by atoms with van der Waals surface area (Å²) in [4.78, 5) is 2.26. The Morgan fingerprint density at radius 3 is 2.50 bits per heavy atom. The number of rotatable bonds is 7. The zero-order valence-corrected chi connectivity index (χ0v) is 14.5. The smallest absolute Gasteiger partial charge is 0.147 e. The molecule has 0 bridgehead atoms. The molecule has 0 unspecified atom stereocenters. The van der Waals surface area contributed by atoms with E-state index >= 15 is 0 Å². The van der Waals surface area contributed by atoms with E-state index < -0.39 is 0 Å². The maximum Gasteiger partial charge on any atom is 0.147 e. The second-order valence-electron chi connectivity index (χ2n) is 6.44. The average Bonchev–Trinajstić information content (AvgIpc) is 3.21. The molecule has 0 spiro atoms. The lowest BCUT2D eigenvalue weighted by molar-refractivity contribution is 0.302. The van der Waals surface area contributed by atoms with Gasteiger partial charge < -0.3 is 4.57 Å². The van der Waals surface area contributed by atoms with Gasteiger partial charge in [-0.3, -0.25) is 9.58 Å². The van der Waals surface area contributed by atoms with Crippen LogP contribution in [0.3, 0.4) is 0 Å². The third kappa shape index (κ3) is 4.08. The van der Waals surface area contributed by atoms with Crippen LogP contribution >= 0.6 is 0 Å². The van der Waals surface area contributed by atoms with E-state index in [9.17, 15) is 0 Å². The Labute approximate surface area is 142 Å². The minimum absolute atomic E-state index is 0.380. The van der Waals surface area contributed by atoms with E-state index in [1.807, 2.05) is 16.9 Å². The highest BCUT2D eigenvalue weighted by Crippen LogP contribution is 2.12. The van der Waals surface area contributed by atoms with Crippen LogP contribution in [-0.2, 0) is 19.6 Å². The Morgan fingerprint density at radius 2 is 1.83 bits per heavy atom. The first-order chi connectivity index (χ1) is 11.6. The fourth-order valence-corrected chi connectivity index (χ4v) is 2.75. The molecular formula is C18H24N6. The molecule has 0 aliphatic carbocycles. The predicted molar refractivity (Wildman–Crippen MR) is 93.3 cm³/mol. The van der Waals surface area contributed by atoms with Crippen molar-refractivity contribution in [3.05, 3.63) is 66.0 Å². The van der Waals surface area contributed by atoms with Crippen LogP contribution in [0.5, 0.6) is 0 Å². The summed E-state index contributed by atoms with van der Waals surface area (Å²) in [6.45, 7) is 6.76. The summed E-state index contributed by atoms with van der Waals surface area (Å²) in [5, 5.41) is 12.5. The maximum absolute atomic E-state index is 4.24. The summed E-state index contributed by atoms with van der Waals surface area (Å²) < 4.78 is 4.05. The largest absolute Gasteiger partial charge is 0.314 e. The normalized spacial score (nSPS) is 11.5. The third-order valence-electron chi connectivity index (χ3n) is 3.99. The molecule has 0 saturated carbocycles. The molecule has 0 aliphatic rings. The molecule has 6 heteroatoms. The van der Waals surface area contributed by atoms with Crippen molar-refractivity contribution in [3.8, 4) is 0 Å². The van der Waals surface area contributed by atoms with E-state index in [2.05, 4.69) is 69.9 Å². The van der Waals surface area contributed by atoms with E-state index in [4.69, 9.17) is 0 Å². The molecule has 2 aromatic heterocycles. The topological polar surface area (TPSA) is 51.8 Å². The molecule has 0 fully saturated rings. The summed E-state index contributed by atoms with van der Waals surface area (Å²) in [6.07, 6.45) is 5.59. The third-order valence-corrected chi connectivity index (χ3v) is 3.99. The molecule has 0 saturated heterocycles. The molecule has 0 atom stereocenters. The number of benzene rings is 1. The Bertz CT molecular complexity index is 742. The minimum Gasteiger partial charge on any atom is -0.314 e. The van der Waals surface area contributed by atoms with Gasteiger partial charge in [0.2, 0.25) is 0 Å². The summed E-state index contributed by atoms with van der Waals surface area (Å²) >= 11 is 0. The van der Waals surface area contributed by atoms with Crippen molar-refractivity contribution in [2.75, 3.05) is 7.05 Å². The molecule has 2 heterocycles. The lowest BCUT2D eigenvalue weighted by Gasteiger charge is -2.18. The second kappa shape index (κ2) is 7.40. The van der Waals surface area contributed by atoms with Crippen molar-refractivity contribution in [2.24, 2.45) is 0 Å². The first-order valence-electron chi connectivity index (χ1n) is 8.24. The van der Waals surface area contributed by atoms with Crippen LogP contribution < -0.4 is 0 Å². The van der Waals surface area contributed by atoms with Crippen molar-refractivity contribution in [3.63, 3.8) is 0 Å². The van der Waals surface area contributed by atoms with Crippen LogP contribution in [0.1, 0.15) is 36.8 Å². The van der Waals surface area contributed by atoms with Crippen LogP contribution in [0.25, 0.3) is 0 Å². The predicted octanol–water partition coefficient (Wildman–Crippen LogP) is 2.74. The Kier molecular flexibility index (Phi) is 5.05. The molecule has 3 aromatic rings. The Balaban J connectivity index is 1.58. The van der Waals surface area contributed by atoms with Gasteiger partial charge in [-0.15, -0.1) is 10.2 Å². The fourth-order valence-electron chi connectivity index (χ4n) is 2.75. The molecule has 3 rings (SSSR count).